The van der Waals surface area contributed by atoms with Crippen LogP contribution in [0.3, 0.4) is 0 Å². The Kier molecular flexibility index (Phi) is 6.36. The average Bonchev–Trinajstić information content (AvgIpc) is 3.68. The van der Waals surface area contributed by atoms with Crippen molar-refractivity contribution in [1.29, 1.82) is 0 Å². The van der Waals surface area contributed by atoms with Crippen LogP contribution >= 0.6 is 0 Å². The van der Waals surface area contributed by atoms with Gasteiger partial charge in [-0.2, -0.15) is 9.97 Å². The van der Waals surface area contributed by atoms with Crippen LogP contribution in [0.25, 0.3) is 61.7 Å². The van der Waals surface area contributed by atoms with Crippen LogP contribution in [0.5, 0.6) is 0 Å². The van der Waals surface area contributed by atoms with Crippen LogP contribution in [-0.4, -0.2) is 19.5 Å². The first-order valence-electron chi connectivity index (χ1n) is 17.0. The van der Waals surface area contributed by atoms with E-state index in [9.17, 15) is 0 Å². The summed E-state index contributed by atoms with van der Waals surface area (Å²) in [4.78, 5) is 15.4. The maximum Gasteiger partial charge on any atom is 0.238 e. The van der Waals surface area contributed by atoms with Gasteiger partial charge in [-0.25, -0.2) is 4.98 Å². The van der Waals surface area contributed by atoms with Crippen LogP contribution in [-0.2, 0) is 5.41 Å². The molecule has 0 saturated carbocycles. The molecule has 7 aromatic carbocycles. The molecule has 0 atom stereocenters. The molecule has 1 aliphatic carbocycles. The molecule has 9 aromatic rings. The zero-order valence-corrected chi connectivity index (χ0v) is 27.1. The van der Waals surface area contributed by atoms with E-state index in [1.54, 1.807) is 0 Å². The molecule has 0 amide bonds. The van der Waals surface area contributed by atoms with E-state index in [0.29, 0.717) is 17.6 Å². The molecule has 4 nitrogen and oxygen atoms in total. The van der Waals surface area contributed by atoms with Gasteiger partial charge in [-0.15, -0.1) is 0 Å². The Hall–Kier alpha value is -6.65. The Balaban J connectivity index is 1.34. The lowest BCUT2D eigenvalue weighted by molar-refractivity contribution is 0.769. The quantitative estimate of drug-likeness (QED) is 0.188. The minimum Gasteiger partial charge on any atom is -0.278 e. The fourth-order valence-electron chi connectivity index (χ4n) is 8.02. The summed E-state index contributed by atoms with van der Waals surface area (Å²) < 4.78 is 2.23. The number of aromatic nitrogens is 4. The fourth-order valence-corrected chi connectivity index (χ4v) is 8.02. The number of hydrogen-bond acceptors (Lipinski definition) is 3. The summed E-state index contributed by atoms with van der Waals surface area (Å²) in [7, 11) is 0. The molecular weight excluding hydrogens is 609 g/mol. The Morgan fingerprint density at radius 1 is 0.380 bits per heavy atom. The second-order valence-electron chi connectivity index (χ2n) is 12.8. The lowest BCUT2D eigenvalue weighted by atomic mass is 9.67. The first-order valence-corrected chi connectivity index (χ1v) is 17.0. The normalized spacial score (nSPS) is 13.0. The van der Waals surface area contributed by atoms with Gasteiger partial charge in [0.15, 0.2) is 11.6 Å². The van der Waals surface area contributed by atoms with Crippen LogP contribution in [0, 0.1) is 0 Å². The molecular formula is C46H30N4. The highest BCUT2D eigenvalue weighted by molar-refractivity contribution is 6.11. The molecule has 4 heteroatoms. The van der Waals surface area contributed by atoms with E-state index in [0.717, 1.165) is 32.9 Å². The number of fused-ring (bicyclic) bond motifs is 6. The second kappa shape index (κ2) is 11.2. The Morgan fingerprint density at radius 2 is 0.900 bits per heavy atom. The SMILES string of the molecule is c1ccc(-c2nc(-c3ccccc3)nc(-n3c4ccccc4c4cc5c(cc43)C(c3ccccc3)(c3ccccc3)c3ccccc3-5)n2)cc1. The first-order chi connectivity index (χ1) is 24.8. The molecule has 2 aromatic heterocycles. The molecule has 1 aliphatic rings. The number of hydrogen-bond donors (Lipinski definition) is 0. The summed E-state index contributed by atoms with van der Waals surface area (Å²) in [6, 6.07) is 64.5. The van der Waals surface area contributed by atoms with Crippen LogP contribution < -0.4 is 0 Å². The smallest absolute Gasteiger partial charge is 0.238 e. The molecule has 0 spiro atoms. The number of rotatable bonds is 5. The molecule has 0 fully saturated rings. The van der Waals surface area contributed by atoms with E-state index in [-0.39, 0.29) is 0 Å². The van der Waals surface area contributed by atoms with Crippen molar-refractivity contribution in [2.75, 3.05) is 0 Å². The summed E-state index contributed by atoms with van der Waals surface area (Å²) >= 11 is 0. The maximum atomic E-state index is 5.20. The molecule has 0 unspecified atom stereocenters. The highest BCUT2D eigenvalue weighted by Gasteiger charge is 2.46. The van der Waals surface area contributed by atoms with E-state index in [1.807, 2.05) is 36.4 Å². The summed E-state index contributed by atoms with van der Waals surface area (Å²) in [6.07, 6.45) is 0. The number of nitrogens with zero attached hydrogens (tertiary/aromatic N) is 4. The van der Waals surface area contributed by atoms with Crippen LogP contribution in [0.15, 0.2) is 182 Å². The predicted molar refractivity (Wildman–Crippen MR) is 202 cm³/mol. The van der Waals surface area contributed by atoms with Gasteiger partial charge in [-0.1, -0.05) is 164 Å². The van der Waals surface area contributed by atoms with Crippen molar-refractivity contribution >= 4 is 21.8 Å². The van der Waals surface area contributed by atoms with Crippen LogP contribution in [0.4, 0.5) is 0 Å². The minimum atomic E-state index is -0.520. The first kappa shape index (κ1) is 28.4. The van der Waals surface area contributed by atoms with Crippen LogP contribution in [0.1, 0.15) is 22.3 Å². The van der Waals surface area contributed by atoms with Crippen LogP contribution in [0.2, 0.25) is 0 Å². The zero-order valence-electron chi connectivity index (χ0n) is 27.1. The molecule has 0 radical (unpaired) electrons. The summed E-state index contributed by atoms with van der Waals surface area (Å²) in [5.41, 5.74) is 11.0. The van der Waals surface area contributed by atoms with Crippen molar-refractivity contribution < 1.29 is 0 Å². The molecule has 50 heavy (non-hydrogen) atoms. The standard InChI is InChI=1S/C46H30N4/c1-5-17-31(18-6-1)43-47-44(32-19-7-2-8-20-32)49-45(48-43)50-41-28-16-14-26-36(41)38-29-37-35-25-13-15-27-39(35)46(40(37)30-42(38)50,33-21-9-3-10-22-33)34-23-11-4-12-24-34/h1-30H. The van der Waals surface area contributed by atoms with Crippen molar-refractivity contribution in [3.63, 3.8) is 0 Å². The Bertz CT molecular complexity index is 2590. The molecule has 234 valence electrons. The third-order valence-electron chi connectivity index (χ3n) is 10.1. The topological polar surface area (TPSA) is 43.6 Å². The molecule has 0 saturated heterocycles. The predicted octanol–water partition coefficient (Wildman–Crippen LogP) is 10.7. The summed E-state index contributed by atoms with van der Waals surface area (Å²) in [5.74, 6) is 1.86. The third kappa shape index (κ3) is 4.15. The van der Waals surface area contributed by atoms with Crippen molar-refractivity contribution in [1.82, 2.24) is 19.5 Å². The maximum absolute atomic E-state index is 5.20. The van der Waals surface area contributed by atoms with E-state index in [2.05, 4.69) is 150 Å². The minimum absolute atomic E-state index is 0.520. The lowest BCUT2D eigenvalue weighted by Crippen LogP contribution is -2.28. The van der Waals surface area contributed by atoms with E-state index < -0.39 is 5.41 Å². The molecule has 0 N–H and O–H groups in total. The lowest BCUT2D eigenvalue weighted by Gasteiger charge is -2.34. The highest BCUT2D eigenvalue weighted by Crippen LogP contribution is 2.57. The van der Waals surface area contributed by atoms with Gasteiger partial charge in [-0.05, 0) is 51.6 Å². The van der Waals surface area contributed by atoms with Gasteiger partial charge in [0, 0.05) is 21.9 Å². The summed E-state index contributed by atoms with van der Waals surface area (Å²) in [5, 5.41) is 2.32. The van der Waals surface area contributed by atoms with Crippen molar-refractivity contribution in [2.45, 2.75) is 5.41 Å². The van der Waals surface area contributed by atoms with Gasteiger partial charge in [0.25, 0.3) is 0 Å². The van der Waals surface area contributed by atoms with E-state index in [1.165, 1.54) is 33.4 Å². The Morgan fingerprint density at radius 3 is 1.52 bits per heavy atom. The zero-order chi connectivity index (χ0) is 33.1. The number of para-hydroxylation sites is 1. The summed E-state index contributed by atoms with van der Waals surface area (Å²) in [6.45, 7) is 0. The monoisotopic (exact) mass is 638 g/mol. The third-order valence-corrected chi connectivity index (χ3v) is 10.1. The van der Waals surface area contributed by atoms with Gasteiger partial charge in [-0.3, -0.25) is 4.57 Å². The molecule has 10 rings (SSSR count). The molecule has 0 aliphatic heterocycles. The van der Waals surface area contributed by atoms with Gasteiger partial charge >= 0.3 is 0 Å². The molecule has 0 bridgehead atoms. The van der Waals surface area contributed by atoms with Gasteiger partial charge in [0.05, 0.1) is 16.4 Å². The Labute approximate surface area is 290 Å². The van der Waals surface area contributed by atoms with E-state index in [4.69, 9.17) is 15.0 Å². The molecule has 2 heterocycles. The number of benzene rings is 7. The van der Waals surface area contributed by atoms with Gasteiger partial charge in [0.1, 0.15) is 0 Å². The van der Waals surface area contributed by atoms with Gasteiger partial charge < -0.3 is 0 Å². The van der Waals surface area contributed by atoms with Crippen molar-refractivity contribution in [3.05, 3.63) is 204 Å². The fraction of sp³-hybridized carbons (Fsp3) is 0.0217. The average molecular weight is 639 g/mol. The van der Waals surface area contributed by atoms with Crippen molar-refractivity contribution in [2.24, 2.45) is 0 Å². The van der Waals surface area contributed by atoms with Gasteiger partial charge in [0.2, 0.25) is 5.95 Å². The highest BCUT2D eigenvalue weighted by atomic mass is 15.2. The second-order valence-corrected chi connectivity index (χ2v) is 12.8. The largest absolute Gasteiger partial charge is 0.278 e. The van der Waals surface area contributed by atoms with Crippen molar-refractivity contribution in [3.8, 4) is 39.9 Å². The van der Waals surface area contributed by atoms with E-state index >= 15 is 0 Å².